The summed E-state index contributed by atoms with van der Waals surface area (Å²) < 4.78 is 5.74. The minimum atomic E-state index is 0.00447. The highest BCUT2D eigenvalue weighted by Gasteiger charge is 2.38. The van der Waals surface area contributed by atoms with Crippen molar-refractivity contribution in [3.8, 4) is 5.75 Å². The largest absolute Gasteiger partial charge is 0.426 e. The summed E-state index contributed by atoms with van der Waals surface area (Å²) in [6, 6.07) is 8.15. The van der Waals surface area contributed by atoms with Gasteiger partial charge in [-0.1, -0.05) is 64.5 Å². The molecule has 2 nitrogen and oxygen atoms in total. The van der Waals surface area contributed by atoms with Gasteiger partial charge < -0.3 is 4.74 Å². The molecule has 4 atom stereocenters. The molecular formula is C26H40O2. The zero-order valence-corrected chi connectivity index (χ0v) is 18.1. The summed E-state index contributed by atoms with van der Waals surface area (Å²) in [5.41, 5.74) is 1.33. The van der Waals surface area contributed by atoms with E-state index in [2.05, 4.69) is 26.0 Å². The fourth-order valence-corrected chi connectivity index (χ4v) is 5.45. The molecule has 0 saturated heterocycles. The Bertz CT molecular complexity index is 591. The average Bonchev–Trinajstić information content (AvgIpc) is 2.73. The first-order valence-electron chi connectivity index (χ1n) is 12.0. The molecule has 0 N–H and O–H groups in total. The zero-order valence-electron chi connectivity index (χ0n) is 18.1. The Balaban J connectivity index is 1.44. The van der Waals surface area contributed by atoms with E-state index in [1.54, 1.807) is 0 Å². The van der Waals surface area contributed by atoms with Crippen LogP contribution in [-0.2, 0) is 11.2 Å². The molecule has 2 fully saturated rings. The maximum absolute atomic E-state index is 12.7. The van der Waals surface area contributed by atoms with Gasteiger partial charge in [0.2, 0.25) is 0 Å². The molecule has 0 bridgehead atoms. The maximum atomic E-state index is 12.7. The summed E-state index contributed by atoms with van der Waals surface area (Å²) in [4.78, 5) is 12.7. The number of carbonyl (C=O) groups excluding carboxylic acids is 1. The lowest BCUT2D eigenvalue weighted by molar-refractivity contribution is -0.141. The monoisotopic (exact) mass is 384 g/mol. The molecule has 2 aliphatic carbocycles. The smallest absolute Gasteiger partial charge is 0.314 e. The third-order valence-electron chi connectivity index (χ3n) is 7.23. The molecule has 2 saturated carbocycles. The van der Waals surface area contributed by atoms with Gasteiger partial charge in [-0.2, -0.15) is 0 Å². The van der Waals surface area contributed by atoms with Crippen LogP contribution in [0, 0.1) is 23.7 Å². The average molecular weight is 385 g/mol. The van der Waals surface area contributed by atoms with Gasteiger partial charge in [0.15, 0.2) is 0 Å². The quantitative estimate of drug-likeness (QED) is 0.253. The number of fused-ring (bicyclic) bond motifs is 1. The van der Waals surface area contributed by atoms with E-state index < -0.39 is 0 Å². The molecular weight excluding hydrogens is 344 g/mol. The lowest BCUT2D eigenvalue weighted by Crippen LogP contribution is -2.35. The molecule has 0 amide bonds. The minimum absolute atomic E-state index is 0.00447. The Morgan fingerprint density at radius 2 is 1.61 bits per heavy atom. The standard InChI is InChI=1S/C26H40O2/c1-3-5-7-9-21-10-13-23-19-24(15-14-22(23)18-21)26(27)28-25-16-11-20(12-17-25)8-6-4-2/h11-12,16-17,21-24H,3-10,13-15,18-19H2,1-2H3. The number of unbranched alkanes of at least 4 members (excludes halogenated alkanes) is 3. The van der Waals surface area contributed by atoms with Gasteiger partial charge in [0, 0.05) is 0 Å². The highest BCUT2D eigenvalue weighted by atomic mass is 16.5. The van der Waals surface area contributed by atoms with Gasteiger partial charge in [0.1, 0.15) is 5.75 Å². The highest BCUT2D eigenvalue weighted by Crippen LogP contribution is 2.46. The summed E-state index contributed by atoms with van der Waals surface area (Å²) in [7, 11) is 0. The molecule has 0 aliphatic heterocycles. The van der Waals surface area contributed by atoms with E-state index >= 15 is 0 Å². The summed E-state index contributed by atoms with van der Waals surface area (Å²) in [6.07, 6.45) is 16.5. The first kappa shape index (κ1) is 21.4. The second kappa shape index (κ2) is 11.0. The maximum Gasteiger partial charge on any atom is 0.314 e. The van der Waals surface area contributed by atoms with Gasteiger partial charge in [-0.05, 0) is 80.4 Å². The van der Waals surface area contributed by atoms with Crippen molar-refractivity contribution >= 4 is 5.97 Å². The first-order chi connectivity index (χ1) is 13.7. The second-order valence-corrected chi connectivity index (χ2v) is 9.37. The van der Waals surface area contributed by atoms with E-state index in [4.69, 9.17) is 4.74 Å². The van der Waals surface area contributed by atoms with Crippen molar-refractivity contribution in [3.63, 3.8) is 0 Å². The summed E-state index contributed by atoms with van der Waals surface area (Å²) >= 11 is 0. The van der Waals surface area contributed by atoms with Gasteiger partial charge in [-0.15, -0.1) is 0 Å². The fourth-order valence-electron chi connectivity index (χ4n) is 5.45. The van der Waals surface area contributed by atoms with Crippen LogP contribution in [0.25, 0.3) is 0 Å². The van der Waals surface area contributed by atoms with Gasteiger partial charge in [0.25, 0.3) is 0 Å². The zero-order chi connectivity index (χ0) is 19.8. The van der Waals surface area contributed by atoms with Crippen LogP contribution in [0.15, 0.2) is 24.3 Å². The Labute approximate surface area is 172 Å². The van der Waals surface area contributed by atoms with Crippen LogP contribution in [-0.4, -0.2) is 5.97 Å². The van der Waals surface area contributed by atoms with Crippen molar-refractivity contribution in [3.05, 3.63) is 29.8 Å². The van der Waals surface area contributed by atoms with E-state index in [9.17, 15) is 4.79 Å². The van der Waals surface area contributed by atoms with Gasteiger partial charge in [-0.25, -0.2) is 0 Å². The molecule has 1 aromatic rings. The van der Waals surface area contributed by atoms with Gasteiger partial charge in [-0.3, -0.25) is 4.79 Å². The Hall–Kier alpha value is -1.31. The van der Waals surface area contributed by atoms with Gasteiger partial charge in [0.05, 0.1) is 5.92 Å². The van der Waals surface area contributed by atoms with Crippen LogP contribution in [0.4, 0.5) is 0 Å². The number of ether oxygens (including phenoxy) is 1. The lowest BCUT2D eigenvalue weighted by atomic mass is 9.64. The molecule has 2 aliphatic rings. The SMILES string of the molecule is CCCCCC1CCC2CC(C(=O)Oc3ccc(CCCC)cc3)CCC2C1. The molecule has 0 aromatic heterocycles. The molecule has 3 rings (SSSR count). The van der Waals surface area contributed by atoms with Crippen LogP contribution in [0.1, 0.15) is 96.5 Å². The van der Waals surface area contributed by atoms with Crippen molar-refractivity contribution in [2.75, 3.05) is 0 Å². The highest BCUT2D eigenvalue weighted by molar-refractivity contribution is 5.75. The molecule has 4 unspecified atom stereocenters. The number of esters is 1. The van der Waals surface area contributed by atoms with Crippen molar-refractivity contribution in [2.45, 2.75) is 97.3 Å². The van der Waals surface area contributed by atoms with Crippen molar-refractivity contribution in [1.82, 2.24) is 0 Å². The molecule has 0 heterocycles. The summed E-state index contributed by atoms with van der Waals surface area (Å²) in [5, 5.41) is 0. The van der Waals surface area contributed by atoms with E-state index in [0.29, 0.717) is 5.75 Å². The third-order valence-corrected chi connectivity index (χ3v) is 7.23. The molecule has 2 heteroatoms. The van der Waals surface area contributed by atoms with Gasteiger partial charge >= 0.3 is 5.97 Å². The van der Waals surface area contributed by atoms with Crippen LogP contribution in [0.3, 0.4) is 0 Å². The predicted molar refractivity (Wildman–Crippen MR) is 116 cm³/mol. The topological polar surface area (TPSA) is 26.3 Å². The van der Waals surface area contributed by atoms with Crippen LogP contribution >= 0.6 is 0 Å². The van der Waals surface area contributed by atoms with E-state index in [-0.39, 0.29) is 11.9 Å². The Morgan fingerprint density at radius 1 is 0.893 bits per heavy atom. The first-order valence-corrected chi connectivity index (χ1v) is 12.0. The second-order valence-electron chi connectivity index (χ2n) is 9.37. The molecule has 0 spiro atoms. The van der Waals surface area contributed by atoms with Crippen molar-refractivity contribution < 1.29 is 9.53 Å². The predicted octanol–water partition coefficient (Wildman–Crippen LogP) is 7.35. The van der Waals surface area contributed by atoms with E-state index in [1.807, 2.05) is 12.1 Å². The molecule has 0 radical (unpaired) electrons. The number of aryl methyl sites for hydroxylation is 1. The van der Waals surface area contributed by atoms with Crippen molar-refractivity contribution in [2.24, 2.45) is 23.7 Å². The molecule has 1 aromatic carbocycles. The van der Waals surface area contributed by atoms with Crippen LogP contribution in [0.2, 0.25) is 0 Å². The number of hydrogen-bond acceptors (Lipinski definition) is 2. The van der Waals surface area contributed by atoms with Crippen molar-refractivity contribution in [1.29, 1.82) is 0 Å². The Morgan fingerprint density at radius 3 is 2.36 bits per heavy atom. The number of rotatable bonds is 9. The normalized spacial score (nSPS) is 27.2. The molecule has 156 valence electrons. The van der Waals surface area contributed by atoms with Crippen LogP contribution < -0.4 is 4.74 Å². The number of carbonyl (C=O) groups is 1. The minimum Gasteiger partial charge on any atom is -0.426 e. The van der Waals surface area contributed by atoms with E-state index in [1.165, 1.54) is 69.8 Å². The summed E-state index contributed by atoms with van der Waals surface area (Å²) in [6.45, 7) is 4.50. The van der Waals surface area contributed by atoms with E-state index in [0.717, 1.165) is 37.0 Å². The summed E-state index contributed by atoms with van der Waals surface area (Å²) in [5.74, 6) is 3.39. The third kappa shape index (κ3) is 6.09. The Kier molecular flexibility index (Phi) is 8.43. The number of hydrogen-bond donors (Lipinski definition) is 0. The lowest BCUT2D eigenvalue weighted by Gasteiger charge is -2.41. The molecule has 28 heavy (non-hydrogen) atoms. The fraction of sp³-hybridized carbons (Fsp3) is 0.731. The van der Waals surface area contributed by atoms with Crippen LogP contribution in [0.5, 0.6) is 5.75 Å². The number of benzene rings is 1.